The van der Waals surface area contributed by atoms with Gasteiger partial charge in [-0.05, 0) is 37.3 Å². The molecule has 0 spiro atoms. The van der Waals surface area contributed by atoms with Gasteiger partial charge in [0.2, 0.25) is 0 Å². The summed E-state index contributed by atoms with van der Waals surface area (Å²) in [6.45, 7) is 2.07. The van der Waals surface area contributed by atoms with E-state index in [9.17, 15) is 14.4 Å². The summed E-state index contributed by atoms with van der Waals surface area (Å²) in [4.78, 5) is 43.9. The summed E-state index contributed by atoms with van der Waals surface area (Å²) in [6, 6.07) is 1.47. The Kier molecular flexibility index (Phi) is 6.53. The highest BCUT2D eigenvalue weighted by molar-refractivity contribution is 5.95. The van der Waals surface area contributed by atoms with Crippen LogP contribution in [-0.2, 0) is 0 Å². The van der Waals surface area contributed by atoms with Crippen LogP contribution in [0.3, 0.4) is 0 Å². The van der Waals surface area contributed by atoms with Crippen LogP contribution in [-0.4, -0.2) is 33.4 Å². The van der Waals surface area contributed by atoms with Crippen LogP contribution in [0.25, 0.3) is 11.0 Å². The van der Waals surface area contributed by atoms with Crippen molar-refractivity contribution in [2.75, 3.05) is 6.54 Å². The van der Waals surface area contributed by atoms with Crippen molar-refractivity contribution in [3.05, 3.63) is 38.2 Å². The molecule has 10 heteroatoms. The maximum Gasteiger partial charge on any atom is 0.327 e. The summed E-state index contributed by atoms with van der Waals surface area (Å²) < 4.78 is 0. The van der Waals surface area contributed by atoms with Crippen molar-refractivity contribution in [3.8, 4) is 0 Å². The molecular weight excluding hydrogens is 357 g/mol. The zero-order valence-electron chi connectivity index (χ0n) is 12.9. The van der Waals surface area contributed by atoms with Crippen molar-refractivity contribution >= 4 is 41.8 Å². The maximum atomic E-state index is 12.2. The van der Waals surface area contributed by atoms with Gasteiger partial charge in [-0.25, -0.2) is 9.78 Å². The van der Waals surface area contributed by atoms with Crippen molar-refractivity contribution < 1.29 is 4.79 Å². The minimum Gasteiger partial charge on any atom is -0.349 e. The fourth-order valence-corrected chi connectivity index (χ4v) is 2.46. The summed E-state index contributed by atoms with van der Waals surface area (Å²) in [6.07, 6.45) is 2.21. The molecule has 1 fully saturated rings. The van der Waals surface area contributed by atoms with E-state index in [0.29, 0.717) is 18.0 Å². The standard InChI is InChI=1S/C14H17N5O3.2ClH/c1-6-4-9(12(20)16-5-8(15)7-2-3-7)17-11-10(6)13(21)19-14(22)18-11;;/h4,7-8H,2-3,5,15H2,1H3,(H,16,20)(H2,17,18,19,21,22);2*1H. The van der Waals surface area contributed by atoms with Crippen LogP contribution in [0.1, 0.15) is 28.9 Å². The van der Waals surface area contributed by atoms with E-state index in [1.54, 1.807) is 6.92 Å². The minimum absolute atomic E-state index is 0. The number of amides is 1. The smallest absolute Gasteiger partial charge is 0.327 e. The van der Waals surface area contributed by atoms with Crippen LogP contribution in [0.4, 0.5) is 0 Å². The quantitative estimate of drug-likeness (QED) is 0.606. The molecule has 1 unspecified atom stereocenters. The minimum atomic E-state index is -0.655. The second-order valence-electron chi connectivity index (χ2n) is 5.67. The first-order chi connectivity index (χ1) is 10.5. The number of H-pyrrole nitrogens is 2. The summed E-state index contributed by atoms with van der Waals surface area (Å²) in [5, 5.41) is 3.01. The molecule has 0 aromatic carbocycles. The highest BCUT2D eigenvalue weighted by Gasteiger charge is 2.28. The lowest BCUT2D eigenvalue weighted by Crippen LogP contribution is -2.39. The van der Waals surface area contributed by atoms with Crippen LogP contribution in [0.15, 0.2) is 15.7 Å². The molecule has 1 saturated carbocycles. The summed E-state index contributed by atoms with van der Waals surface area (Å²) in [5.41, 5.74) is 5.58. The van der Waals surface area contributed by atoms with Gasteiger partial charge in [0.1, 0.15) is 11.3 Å². The summed E-state index contributed by atoms with van der Waals surface area (Å²) in [5.74, 6) is 0.115. The number of nitrogens with zero attached hydrogens (tertiary/aromatic N) is 1. The molecule has 1 amide bonds. The lowest BCUT2D eigenvalue weighted by Gasteiger charge is -2.11. The molecule has 2 aromatic heterocycles. The van der Waals surface area contributed by atoms with Gasteiger partial charge < -0.3 is 11.1 Å². The molecule has 5 N–H and O–H groups in total. The number of hydrogen-bond donors (Lipinski definition) is 4. The number of aromatic amines is 2. The third-order valence-corrected chi connectivity index (χ3v) is 3.86. The predicted molar refractivity (Wildman–Crippen MR) is 95.2 cm³/mol. The van der Waals surface area contributed by atoms with Gasteiger partial charge in [-0.15, -0.1) is 24.8 Å². The van der Waals surface area contributed by atoms with Crippen LogP contribution in [0.5, 0.6) is 0 Å². The van der Waals surface area contributed by atoms with E-state index in [4.69, 9.17) is 5.73 Å². The normalized spacial score (nSPS) is 14.4. The fraction of sp³-hybridized carbons (Fsp3) is 0.429. The number of aryl methyl sites for hydroxylation is 1. The molecule has 24 heavy (non-hydrogen) atoms. The topological polar surface area (TPSA) is 134 Å². The van der Waals surface area contributed by atoms with E-state index in [1.807, 2.05) is 0 Å². The van der Waals surface area contributed by atoms with Crippen LogP contribution in [0, 0.1) is 12.8 Å². The number of rotatable bonds is 4. The molecule has 1 aliphatic carbocycles. The highest BCUT2D eigenvalue weighted by Crippen LogP contribution is 2.31. The molecule has 2 heterocycles. The van der Waals surface area contributed by atoms with E-state index in [-0.39, 0.29) is 53.5 Å². The lowest BCUT2D eigenvalue weighted by molar-refractivity contribution is 0.0945. The molecule has 0 saturated heterocycles. The first-order valence-electron chi connectivity index (χ1n) is 7.13. The Bertz CT molecular complexity index is 860. The van der Waals surface area contributed by atoms with E-state index in [1.165, 1.54) is 6.07 Å². The van der Waals surface area contributed by atoms with Crippen molar-refractivity contribution in [2.24, 2.45) is 11.7 Å². The zero-order chi connectivity index (χ0) is 15.9. The molecule has 0 aliphatic heterocycles. The second-order valence-corrected chi connectivity index (χ2v) is 5.67. The average molecular weight is 376 g/mol. The molecule has 8 nitrogen and oxygen atoms in total. The molecule has 3 rings (SSSR count). The average Bonchev–Trinajstić information content (AvgIpc) is 3.27. The third kappa shape index (κ3) is 4.14. The van der Waals surface area contributed by atoms with Gasteiger partial charge in [-0.3, -0.25) is 19.6 Å². The van der Waals surface area contributed by atoms with E-state index >= 15 is 0 Å². The molecule has 0 radical (unpaired) electrons. The van der Waals surface area contributed by atoms with Crippen LogP contribution >= 0.6 is 24.8 Å². The second kappa shape index (κ2) is 7.78. The molecule has 0 bridgehead atoms. The van der Waals surface area contributed by atoms with E-state index < -0.39 is 11.2 Å². The summed E-state index contributed by atoms with van der Waals surface area (Å²) >= 11 is 0. The molecular formula is C14H19Cl2N5O3. The van der Waals surface area contributed by atoms with E-state index in [0.717, 1.165) is 12.8 Å². The first kappa shape index (κ1) is 20.1. The fourth-order valence-electron chi connectivity index (χ4n) is 2.46. The number of fused-ring (bicyclic) bond motifs is 1. The van der Waals surface area contributed by atoms with Gasteiger partial charge in [0.25, 0.3) is 11.5 Å². The van der Waals surface area contributed by atoms with Gasteiger partial charge in [0, 0.05) is 12.6 Å². The number of carbonyl (C=O) groups excluding carboxylic acids is 1. The van der Waals surface area contributed by atoms with E-state index in [2.05, 4.69) is 20.3 Å². The number of aromatic nitrogens is 3. The number of hydrogen-bond acceptors (Lipinski definition) is 5. The van der Waals surface area contributed by atoms with Gasteiger partial charge in [0.05, 0.1) is 5.39 Å². The number of pyridine rings is 1. The lowest BCUT2D eigenvalue weighted by atomic mass is 10.1. The molecule has 132 valence electrons. The third-order valence-electron chi connectivity index (χ3n) is 3.86. The number of carbonyl (C=O) groups is 1. The van der Waals surface area contributed by atoms with Crippen LogP contribution < -0.4 is 22.3 Å². The SMILES string of the molecule is Cc1cc(C(=O)NCC(N)C2CC2)nc2[nH]c(=O)[nH]c(=O)c12.Cl.Cl. The first-order valence-corrected chi connectivity index (χ1v) is 7.13. The molecule has 1 aliphatic rings. The van der Waals surface area contributed by atoms with Gasteiger partial charge in [-0.1, -0.05) is 0 Å². The van der Waals surface area contributed by atoms with Gasteiger partial charge in [-0.2, -0.15) is 0 Å². The Labute approximate surface area is 149 Å². The highest BCUT2D eigenvalue weighted by atomic mass is 35.5. The Morgan fingerprint density at radius 3 is 2.67 bits per heavy atom. The predicted octanol–water partition coefficient (Wildman–Crippen LogP) is 0.231. The Hall–Kier alpha value is -1.90. The van der Waals surface area contributed by atoms with Crippen molar-refractivity contribution in [1.29, 1.82) is 0 Å². The van der Waals surface area contributed by atoms with Crippen molar-refractivity contribution in [2.45, 2.75) is 25.8 Å². The van der Waals surface area contributed by atoms with Gasteiger partial charge >= 0.3 is 5.69 Å². The number of nitrogens with one attached hydrogen (secondary N) is 3. The molecule has 1 atom stereocenters. The van der Waals surface area contributed by atoms with Crippen molar-refractivity contribution in [3.63, 3.8) is 0 Å². The number of nitrogens with two attached hydrogens (primary N) is 1. The molecule has 2 aromatic rings. The Morgan fingerprint density at radius 1 is 1.38 bits per heavy atom. The van der Waals surface area contributed by atoms with Gasteiger partial charge in [0.15, 0.2) is 0 Å². The number of halogens is 2. The maximum absolute atomic E-state index is 12.2. The Balaban J connectivity index is 0.00000144. The Morgan fingerprint density at radius 2 is 2.04 bits per heavy atom. The largest absolute Gasteiger partial charge is 0.349 e. The van der Waals surface area contributed by atoms with Crippen LogP contribution in [0.2, 0.25) is 0 Å². The van der Waals surface area contributed by atoms with Crippen molar-refractivity contribution in [1.82, 2.24) is 20.3 Å². The monoisotopic (exact) mass is 375 g/mol. The zero-order valence-corrected chi connectivity index (χ0v) is 14.6. The summed E-state index contributed by atoms with van der Waals surface area (Å²) in [7, 11) is 0.